The van der Waals surface area contributed by atoms with Crippen LogP contribution in [0.15, 0.2) is 64.2 Å². The molecule has 1 N–H and O–H groups in total. The van der Waals surface area contributed by atoms with Crippen molar-refractivity contribution in [2.24, 2.45) is 0 Å². The van der Waals surface area contributed by atoms with Crippen LogP contribution in [0.4, 0.5) is 14.5 Å². The predicted octanol–water partition coefficient (Wildman–Crippen LogP) is 3.44. The molecule has 0 atom stereocenters. The van der Waals surface area contributed by atoms with Gasteiger partial charge in [-0.25, -0.2) is 22.2 Å². The first-order valence-electron chi connectivity index (χ1n) is 8.14. The van der Waals surface area contributed by atoms with Gasteiger partial charge in [-0.2, -0.15) is 4.31 Å². The van der Waals surface area contributed by atoms with E-state index in [1.165, 1.54) is 18.4 Å². The van der Waals surface area contributed by atoms with Gasteiger partial charge in [-0.3, -0.25) is 4.79 Å². The van der Waals surface area contributed by atoms with Crippen molar-refractivity contribution < 1.29 is 26.4 Å². The lowest BCUT2D eigenvalue weighted by Gasteiger charge is -2.20. The minimum absolute atomic E-state index is 0.104. The quantitative estimate of drug-likeness (QED) is 0.567. The van der Waals surface area contributed by atoms with Crippen molar-refractivity contribution in [3.63, 3.8) is 0 Å². The molecule has 3 aromatic rings. The molecule has 2 aromatic heterocycles. The number of pyridine rings is 1. The van der Waals surface area contributed by atoms with Gasteiger partial charge >= 0.3 is 0 Å². The second-order valence-corrected chi connectivity index (χ2v) is 8.20. The van der Waals surface area contributed by atoms with Gasteiger partial charge in [-0.1, -0.05) is 11.6 Å². The predicted molar refractivity (Wildman–Crippen MR) is 101 cm³/mol. The van der Waals surface area contributed by atoms with Gasteiger partial charge < -0.3 is 9.73 Å². The molecule has 3 rings (SSSR count). The van der Waals surface area contributed by atoms with Gasteiger partial charge in [0.15, 0.2) is 0 Å². The molecule has 11 heteroatoms. The summed E-state index contributed by atoms with van der Waals surface area (Å²) in [5, 5.41) is 2.38. The Kier molecular flexibility index (Phi) is 6.26. The first-order valence-corrected chi connectivity index (χ1v) is 9.96. The van der Waals surface area contributed by atoms with Crippen molar-refractivity contribution in [3.8, 4) is 0 Å². The highest BCUT2D eigenvalue weighted by Gasteiger charge is 2.28. The van der Waals surface area contributed by atoms with Gasteiger partial charge in [0, 0.05) is 18.0 Å². The number of anilines is 1. The number of carbonyl (C=O) groups is 1. The number of hydrogen-bond donors (Lipinski definition) is 1. The van der Waals surface area contributed by atoms with Crippen LogP contribution in [0.1, 0.15) is 5.76 Å². The van der Waals surface area contributed by atoms with Gasteiger partial charge in [0.05, 0.1) is 19.4 Å². The van der Waals surface area contributed by atoms with Gasteiger partial charge in [0.25, 0.3) is 0 Å². The second-order valence-electron chi connectivity index (χ2n) is 5.88. The number of hydrogen-bond acceptors (Lipinski definition) is 5. The van der Waals surface area contributed by atoms with Crippen molar-refractivity contribution in [2.45, 2.75) is 11.4 Å². The van der Waals surface area contributed by atoms with E-state index in [4.69, 9.17) is 16.0 Å². The number of halogens is 3. The fourth-order valence-electron chi connectivity index (χ4n) is 2.45. The van der Waals surface area contributed by atoms with Crippen LogP contribution >= 0.6 is 11.6 Å². The lowest BCUT2D eigenvalue weighted by atomic mass is 10.3. The third kappa shape index (κ3) is 5.37. The molecular weight excluding hydrogens is 428 g/mol. The van der Waals surface area contributed by atoms with Crippen LogP contribution in [0, 0.1) is 11.6 Å². The molecule has 0 fully saturated rings. The minimum atomic E-state index is -4.15. The topological polar surface area (TPSA) is 92.5 Å². The number of benzene rings is 1. The summed E-state index contributed by atoms with van der Waals surface area (Å²) in [5.74, 6) is -2.27. The number of rotatable bonds is 7. The molecule has 0 unspecified atom stereocenters. The molecule has 2 heterocycles. The zero-order chi connectivity index (χ0) is 21.0. The Morgan fingerprint density at radius 3 is 2.48 bits per heavy atom. The average Bonchev–Trinajstić information content (AvgIpc) is 3.13. The van der Waals surface area contributed by atoms with Crippen molar-refractivity contribution in [1.29, 1.82) is 0 Å². The summed E-state index contributed by atoms with van der Waals surface area (Å²) in [4.78, 5) is 15.9. The number of aromatic nitrogens is 1. The number of nitrogens with one attached hydrogen (secondary N) is 1. The zero-order valence-corrected chi connectivity index (χ0v) is 16.3. The molecule has 0 aliphatic rings. The number of carbonyl (C=O) groups excluding carboxylic acids is 1. The van der Waals surface area contributed by atoms with E-state index in [1.54, 1.807) is 12.1 Å². The molecule has 0 saturated carbocycles. The van der Waals surface area contributed by atoms with E-state index in [0.29, 0.717) is 11.8 Å². The van der Waals surface area contributed by atoms with Gasteiger partial charge in [0.2, 0.25) is 15.9 Å². The Labute approximate surface area is 170 Å². The molecule has 0 bridgehead atoms. The second kappa shape index (κ2) is 8.68. The smallest absolute Gasteiger partial charge is 0.245 e. The van der Waals surface area contributed by atoms with Gasteiger partial charge in [-0.15, -0.1) is 0 Å². The van der Waals surface area contributed by atoms with E-state index in [2.05, 4.69) is 10.3 Å². The molecule has 1 amide bonds. The number of nitrogens with zero attached hydrogens (tertiary/aromatic N) is 2. The van der Waals surface area contributed by atoms with Gasteiger partial charge in [0.1, 0.15) is 27.4 Å². The molecule has 152 valence electrons. The molecular formula is C18H14ClF2N3O4S. The Balaban J connectivity index is 1.85. The van der Waals surface area contributed by atoms with Crippen molar-refractivity contribution in [3.05, 3.63) is 77.5 Å². The molecule has 1 aromatic carbocycles. The highest BCUT2D eigenvalue weighted by molar-refractivity contribution is 7.89. The number of amides is 1. The van der Waals surface area contributed by atoms with Gasteiger partial charge in [-0.05, 0) is 36.4 Å². The van der Waals surface area contributed by atoms with E-state index in [-0.39, 0.29) is 22.3 Å². The molecule has 0 saturated heterocycles. The van der Waals surface area contributed by atoms with E-state index >= 15 is 0 Å². The van der Waals surface area contributed by atoms with Crippen LogP contribution in [0.2, 0.25) is 5.15 Å². The maximum atomic E-state index is 13.3. The van der Waals surface area contributed by atoms with Crippen molar-refractivity contribution in [2.75, 3.05) is 11.9 Å². The molecule has 7 nitrogen and oxygen atoms in total. The summed E-state index contributed by atoms with van der Waals surface area (Å²) in [7, 11) is -4.15. The summed E-state index contributed by atoms with van der Waals surface area (Å²) < 4.78 is 58.6. The van der Waals surface area contributed by atoms with Crippen LogP contribution in [0.3, 0.4) is 0 Å². The maximum absolute atomic E-state index is 13.3. The molecule has 0 spiro atoms. The first-order chi connectivity index (χ1) is 13.7. The first kappa shape index (κ1) is 20.9. The summed E-state index contributed by atoms with van der Waals surface area (Å²) in [6.45, 7) is -0.882. The summed E-state index contributed by atoms with van der Waals surface area (Å²) in [5.41, 5.74) is -0.143. The van der Waals surface area contributed by atoms with E-state index in [1.807, 2.05) is 0 Å². The minimum Gasteiger partial charge on any atom is -0.468 e. The Morgan fingerprint density at radius 1 is 1.17 bits per heavy atom. The summed E-state index contributed by atoms with van der Waals surface area (Å²) in [6.07, 6.45) is 2.42. The standard InChI is InChI=1S/C18H14ClF2N3O4S/c19-17-4-3-16(9-22-17)29(26,27)24(10-15-2-1-5-28-15)11-18(25)23-14-7-12(20)6-13(21)8-14/h1-9H,10-11H2,(H,23,25). The highest BCUT2D eigenvalue weighted by atomic mass is 35.5. The SMILES string of the molecule is O=C(CN(Cc1ccco1)S(=O)(=O)c1ccc(Cl)nc1)Nc1cc(F)cc(F)c1. The highest BCUT2D eigenvalue weighted by Crippen LogP contribution is 2.20. The van der Waals surface area contributed by atoms with Crippen LogP contribution < -0.4 is 5.32 Å². The summed E-state index contributed by atoms with van der Waals surface area (Å²) >= 11 is 5.70. The maximum Gasteiger partial charge on any atom is 0.245 e. The molecule has 0 radical (unpaired) electrons. The van der Waals surface area contributed by atoms with Crippen LogP contribution in [-0.4, -0.2) is 30.2 Å². The average molecular weight is 442 g/mol. The molecule has 0 aliphatic carbocycles. The molecule has 0 aliphatic heterocycles. The summed E-state index contributed by atoms with van der Waals surface area (Å²) in [6, 6.07) is 8.14. The monoisotopic (exact) mass is 441 g/mol. The fraction of sp³-hybridized carbons (Fsp3) is 0.111. The Bertz CT molecular complexity index is 1090. The molecule has 29 heavy (non-hydrogen) atoms. The van der Waals surface area contributed by atoms with E-state index < -0.39 is 34.1 Å². The normalized spacial score (nSPS) is 11.6. The third-order valence-electron chi connectivity index (χ3n) is 3.72. The van der Waals surface area contributed by atoms with E-state index in [9.17, 15) is 22.0 Å². The van der Waals surface area contributed by atoms with E-state index in [0.717, 1.165) is 22.6 Å². The number of sulfonamides is 1. The van der Waals surface area contributed by atoms with Crippen LogP contribution in [-0.2, 0) is 21.4 Å². The third-order valence-corrected chi connectivity index (χ3v) is 5.72. The largest absolute Gasteiger partial charge is 0.468 e. The Hall–Kier alpha value is -2.82. The van der Waals surface area contributed by atoms with Crippen LogP contribution in [0.25, 0.3) is 0 Å². The van der Waals surface area contributed by atoms with Crippen molar-refractivity contribution >= 4 is 33.2 Å². The fourth-order valence-corrected chi connectivity index (χ4v) is 3.87. The number of furan rings is 1. The lowest BCUT2D eigenvalue weighted by Crippen LogP contribution is -2.37. The lowest BCUT2D eigenvalue weighted by molar-refractivity contribution is -0.116. The van der Waals surface area contributed by atoms with Crippen molar-refractivity contribution in [1.82, 2.24) is 9.29 Å². The zero-order valence-electron chi connectivity index (χ0n) is 14.7. The van der Waals surface area contributed by atoms with Crippen LogP contribution in [0.5, 0.6) is 0 Å². The Morgan fingerprint density at radius 2 is 1.90 bits per heavy atom.